The van der Waals surface area contributed by atoms with E-state index < -0.39 is 11.8 Å². The summed E-state index contributed by atoms with van der Waals surface area (Å²) in [6.45, 7) is 0. The lowest BCUT2D eigenvalue weighted by atomic mass is 9.55. The lowest BCUT2D eigenvalue weighted by Crippen LogP contribution is -2.41. The molecule has 0 saturated carbocycles. The Hall–Kier alpha value is -3.73. The molecule has 0 radical (unpaired) electrons. The van der Waals surface area contributed by atoms with Gasteiger partial charge in [-0.15, -0.1) is 0 Å². The largest absolute Gasteiger partial charge is 0.378 e. The zero-order chi connectivity index (χ0) is 22.0. The van der Waals surface area contributed by atoms with Crippen molar-refractivity contribution < 1.29 is 9.59 Å². The Morgan fingerprint density at radius 3 is 1.56 bits per heavy atom. The first kappa shape index (κ1) is 19.0. The molecule has 0 unspecified atom stereocenters. The van der Waals surface area contributed by atoms with Gasteiger partial charge in [0.2, 0.25) is 0 Å². The molecule has 7 rings (SSSR count). The second-order valence-electron chi connectivity index (χ2n) is 8.98. The molecule has 1 aliphatic heterocycles. The van der Waals surface area contributed by atoms with Gasteiger partial charge in [-0.05, 0) is 39.9 Å². The fourth-order valence-electron chi connectivity index (χ4n) is 5.76. The summed E-state index contributed by atoms with van der Waals surface area (Å²) in [6.07, 6.45) is 1.61. The van der Waals surface area contributed by atoms with Crippen LogP contribution in [0.5, 0.6) is 0 Å². The zero-order valence-corrected chi connectivity index (χ0v) is 18.0. The first-order valence-electron chi connectivity index (χ1n) is 10.9. The predicted molar refractivity (Wildman–Crippen MR) is 124 cm³/mol. The number of carbonyl (C=O) groups is 2. The van der Waals surface area contributed by atoms with Crippen LogP contribution in [0.1, 0.15) is 39.7 Å². The van der Waals surface area contributed by atoms with E-state index in [0.29, 0.717) is 0 Å². The molecule has 1 fully saturated rings. The molecule has 0 N–H and O–H groups in total. The summed E-state index contributed by atoms with van der Waals surface area (Å²) in [7, 11) is 3.97. The molecule has 32 heavy (non-hydrogen) atoms. The van der Waals surface area contributed by atoms with Gasteiger partial charge in [0, 0.05) is 31.6 Å². The molecule has 5 heteroatoms. The van der Waals surface area contributed by atoms with Crippen molar-refractivity contribution in [2.75, 3.05) is 19.0 Å². The van der Waals surface area contributed by atoms with Gasteiger partial charge in [-0.3, -0.25) is 9.59 Å². The van der Waals surface area contributed by atoms with Gasteiger partial charge in [0.15, 0.2) is 0 Å². The van der Waals surface area contributed by atoms with Crippen LogP contribution < -0.4 is 4.90 Å². The van der Waals surface area contributed by atoms with Crippen molar-refractivity contribution in [3.8, 4) is 0 Å². The third-order valence-corrected chi connectivity index (χ3v) is 7.16. The number of amides is 2. The third-order valence-electron chi connectivity index (χ3n) is 7.16. The van der Waals surface area contributed by atoms with Gasteiger partial charge in [0.05, 0.1) is 18.1 Å². The minimum Gasteiger partial charge on any atom is -0.378 e. The fourth-order valence-corrected chi connectivity index (χ4v) is 5.76. The van der Waals surface area contributed by atoms with E-state index in [1.165, 1.54) is 22.3 Å². The maximum Gasteiger partial charge on any atom is 0.254 e. The maximum atomic E-state index is 13.5. The summed E-state index contributed by atoms with van der Waals surface area (Å²) in [4.78, 5) is 29.0. The number of anilines is 1. The van der Waals surface area contributed by atoms with Crippen LogP contribution in [-0.2, 0) is 9.59 Å². The number of hydrogen-bond acceptors (Lipinski definition) is 4. The van der Waals surface area contributed by atoms with Crippen LogP contribution in [0.4, 0.5) is 5.69 Å². The molecule has 3 aromatic carbocycles. The van der Waals surface area contributed by atoms with Gasteiger partial charge in [0.25, 0.3) is 11.8 Å². The number of benzene rings is 3. The van der Waals surface area contributed by atoms with Crippen LogP contribution in [0.2, 0.25) is 0 Å². The van der Waals surface area contributed by atoms with E-state index in [4.69, 9.17) is 0 Å². The number of rotatable bonds is 3. The molecule has 3 aliphatic carbocycles. The Morgan fingerprint density at radius 1 is 0.719 bits per heavy atom. The maximum absolute atomic E-state index is 13.5. The molecule has 4 aliphatic rings. The van der Waals surface area contributed by atoms with Gasteiger partial charge in [0.1, 0.15) is 0 Å². The highest BCUT2D eigenvalue weighted by Crippen LogP contribution is 2.60. The topological polar surface area (TPSA) is 53.0 Å². The van der Waals surface area contributed by atoms with Gasteiger partial charge in [-0.1, -0.05) is 60.7 Å². The van der Waals surface area contributed by atoms with Crippen LogP contribution in [0.3, 0.4) is 0 Å². The van der Waals surface area contributed by atoms with Crippen LogP contribution in [0, 0.1) is 11.8 Å². The Kier molecular flexibility index (Phi) is 4.09. The number of carbonyl (C=O) groups excluding carboxylic acids is 2. The molecular formula is C27H23N3O2. The first-order chi connectivity index (χ1) is 15.6. The monoisotopic (exact) mass is 421 g/mol. The first-order valence-corrected chi connectivity index (χ1v) is 10.9. The van der Waals surface area contributed by atoms with E-state index in [-0.39, 0.29) is 23.7 Å². The van der Waals surface area contributed by atoms with E-state index >= 15 is 0 Å². The van der Waals surface area contributed by atoms with Crippen LogP contribution in [-0.4, -0.2) is 37.1 Å². The number of hydrogen-bond donors (Lipinski definition) is 0. The molecule has 1 saturated heterocycles. The highest BCUT2D eigenvalue weighted by Gasteiger charge is 2.61. The van der Waals surface area contributed by atoms with Crippen molar-refractivity contribution in [1.82, 2.24) is 5.01 Å². The van der Waals surface area contributed by atoms with E-state index in [1.807, 2.05) is 67.5 Å². The lowest BCUT2D eigenvalue weighted by Gasteiger charge is -2.45. The summed E-state index contributed by atoms with van der Waals surface area (Å²) < 4.78 is 0. The Labute approximate surface area is 187 Å². The lowest BCUT2D eigenvalue weighted by molar-refractivity contribution is -0.139. The quantitative estimate of drug-likeness (QED) is 0.475. The number of imide groups is 1. The summed E-state index contributed by atoms with van der Waals surface area (Å²) in [5.74, 6) is -1.39. The average Bonchev–Trinajstić information content (AvgIpc) is 3.08. The van der Waals surface area contributed by atoms with Crippen molar-refractivity contribution in [2.45, 2.75) is 11.8 Å². The SMILES string of the molecule is CN(C)c1ccc(/C=N\N2C(=O)[C@@H]3C4c5ccccc5C(c5ccccc54)[C@@H]3C2=O)cc1. The van der Waals surface area contributed by atoms with Crippen molar-refractivity contribution in [3.05, 3.63) is 101 Å². The van der Waals surface area contributed by atoms with Crippen LogP contribution in [0.25, 0.3) is 0 Å². The summed E-state index contributed by atoms with van der Waals surface area (Å²) >= 11 is 0. The molecule has 0 spiro atoms. The van der Waals surface area contributed by atoms with Gasteiger partial charge in [-0.25, -0.2) is 0 Å². The molecular weight excluding hydrogens is 398 g/mol. The number of nitrogens with zero attached hydrogens (tertiary/aromatic N) is 3. The van der Waals surface area contributed by atoms with Crippen molar-refractivity contribution in [3.63, 3.8) is 0 Å². The molecule has 2 atom stereocenters. The Morgan fingerprint density at radius 2 is 1.16 bits per heavy atom. The minimum absolute atomic E-state index is 0.103. The van der Waals surface area contributed by atoms with Crippen molar-refractivity contribution in [1.29, 1.82) is 0 Å². The fraction of sp³-hybridized carbons (Fsp3) is 0.222. The highest BCUT2D eigenvalue weighted by atomic mass is 16.2. The Bertz CT molecular complexity index is 1160. The summed E-state index contributed by atoms with van der Waals surface area (Å²) in [5, 5.41) is 5.49. The van der Waals surface area contributed by atoms with Crippen LogP contribution in [0.15, 0.2) is 77.9 Å². The molecule has 0 aromatic heterocycles. The van der Waals surface area contributed by atoms with Crippen LogP contribution >= 0.6 is 0 Å². The molecule has 3 aromatic rings. The standard InChI is InChI=1S/C27H23N3O2/c1-29(2)17-13-11-16(12-14-17)15-28-30-26(31)24-22-18-7-3-4-8-19(18)23(25(24)27(30)32)21-10-6-5-9-20(21)22/h3-15,22-25H,1-2H3/b28-15-/t22?,23?,24-,25+. The summed E-state index contributed by atoms with van der Waals surface area (Å²) in [5.41, 5.74) is 6.61. The van der Waals surface area contributed by atoms with E-state index in [1.54, 1.807) is 6.21 Å². The van der Waals surface area contributed by atoms with Crippen molar-refractivity contribution >= 4 is 23.7 Å². The second-order valence-corrected chi connectivity index (χ2v) is 8.98. The van der Waals surface area contributed by atoms with Crippen molar-refractivity contribution in [2.24, 2.45) is 16.9 Å². The van der Waals surface area contributed by atoms with Gasteiger partial charge < -0.3 is 4.90 Å². The average molecular weight is 422 g/mol. The highest BCUT2D eigenvalue weighted by molar-refractivity contribution is 6.08. The molecule has 1 heterocycles. The summed E-state index contributed by atoms with van der Waals surface area (Å²) in [6, 6.07) is 24.4. The van der Waals surface area contributed by atoms with Gasteiger partial charge >= 0.3 is 0 Å². The predicted octanol–water partition coefficient (Wildman–Crippen LogP) is 3.98. The molecule has 2 bridgehead atoms. The van der Waals surface area contributed by atoms with Gasteiger partial charge in [-0.2, -0.15) is 10.1 Å². The third kappa shape index (κ3) is 2.54. The zero-order valence-electron chi connectivity index (χ0n) is 18.0. The Balaban J connectivity index is 1.39. The second kappa shape index (κ2) is 6.89. The van der Waals surface area contributed by atoms with E-state index in [2.05, 4.69) is 29.4 Å². The van der Waals surface area contributed by atoms with E-state index in [9.17, 15) is 9.59 Å². The molecule has 2 amide bonds. The normalized spacial score (nSPS) is 25.1. The smallest absolute Gasteiger partial charge is 0.254 e. The molecule has 158 valence electrons. The van der Waals surface area contributed by atoms with E-state index in [0.717, 1.165) is 16.3 Å². The number of hydrazone groups is 1. The molecule has 5 nitrogen and oxygen atoms in total. The minimum atomic E-state index is -0.398.